The quantitative estimate of drug-likeness (QED) is 0.622. The molecule has 0 saturated carbocycles. The largest absolute Gasteiger partial charge is 0.334 e. The number of hydrogen-bond donors (Lipinski definition) is 0. The van der Waals surface area contributed by atoms with E-state index in [1.54, 1.807) is 34.2 Å². The molecule has 2 aromatic rings. The Labute approximate surface area is 141 Å². The van der Waals surface area contributed by atoms with Crippen LogP contribution in [0.2, 0.25) is 0 Å². The van der Waals surface area contributed by atoms with Crippen molar-refractivity contribution >= 4 is 28.2 Å². The van der Waals surface area contributed by atoms with Crippen molar-refractivity contribution in [3.63, 3.8) is 0 Å². The van der Waals surface area contributed by atoms with Gasteiger partial charge in [-0.1, -0.05) is 17.4 Å². The molecule has 0 aromatic carbocycles. The maximum absolute atomic E-state index is 12.4. The number of thiophene rings is 1. The molecule has 0 atom stereocenters. The molecular weight excluding hydrogens is 332 g/mol. The maximum atomic E-state index is 12.4. The van der Waals surface area contributed by atoms with E-state index in [0.717, 1.165) is 11.3 Å². The molecule has 0 aliphatic carbocycles. The van der Waals surface area contributed by atoms with Gasteiger partial charge >= 0.3 is 5.00 Å². The maximum Gasteiger partial charge on any atom is 0.324 e. The van der Waals surface area contributed by atoms with E-state index < -0.39 is 4.92 Å². The van der Waals surface area contributed by atoms with Crippen LogP contribution in [0.4, 0.5) is 5.00 Å². The monoisotopic (exact) mass is 346 g/mol. The molecule has 2 aromatic heterocycles. The topological polar surface area (TPSA) is 96.7 Å². The number of amides is 2. The lowest BCUT2D eigenvalue weighted by Gasteiger charge is -2.34. The zero-order chi connectivity index (χ0) is 17.1. The Morgan fingerprint density at radius 2 is 1.71 bits per heavy atom. The number of aromatic nitrogens is 1. The number of carbonyl (C=O) groups is 2. The molecule has 0 radical (unpaired) electrons. The lowest BCUT2D eigenvalue weighted by molar-refractivity contribution is -0.380. The number of carbonyl (C=O) groups excluding carboxylic acids is 2. The van der Waals surface area contributed by atoms with Crippen LogP contribution in [0.25, 0.3) is 0 Å². The van der Waals surface area contributed by atoms with Crippen LogP contribution in [0.3, 0.4) is 0 Å². The number of pyridine rings is 1. The number of nitro groups is 1. The summed E-state index contributed by atoms with van der Waals surface area (Å²) in [7, 11) is 0. The summed E-state index contributed by atoms with van der Waals surface area (Å²) in [5.41, 5.74) is 0.381. The molecule has 9 heteroatoms. The minimum absolute atomic E-state index is 0.0534. The van der Waals surface area contributed by atoms with Gasteiger partial charge in [-0.2, -0.15) is 0 Å². The van der Waals surface area contributed by atoms with E-state index in [9.17, 15) is 19.7 Å². The molecule has 8 nitrogen and oxygen atoms in total. The van der Waals surface area contributed by atoms with Crippen LogP contribution in [0, 0.1) is 10.1 Å². The molecule has 1 aliphatic heterocycles. The van der Waals surface area contributed by atoms with E-state index in [0.29, 0.717) is 36.8 Å². The molecule has 0 bridgehead atoms. The van der Waals surface area contributed by atoms with Crippen LogP contribution in [0.5, 0.6) is 0 Å². The van der Waals surface area contributed by atoms with Gasteiger partial charge in [-0.15, -0.1) is 0 Å². The molecule has 124 valence electrons. The number of rotatable bonds is 3. The first-order valence-electron chi connectivity index (χ1n) is 7.30. The number of hydrogen-bond acceptors (Lipinski definition) is 6. The van der Waals surface area contributed by atoms with Gasteiger partial charge in [0.2, 0.25) is 0 Å². The van der Waals surface area contributed by atoms with Crippen LogP contribution < -0.4 is 0 Å². The Balaban J connectivity index is 1.61. The van der Waals surface area contributed by atoms with E-state index in [2.05, 4.69) is 4.98 Å². The fourth-order valence-corrected chi connectivity index (χ4v) is 3.25. The highest BCUT2D eigenvalue weighted by Gasteiger charge is 2.27. The first-order valence-corrected chi connectivity index (χ1v) is 8.12. The highest BCUT2D eigenvalue weighted by molar-refractivity contribution is 7.17. The van der Waals surface area contributed by atoms with Crippen LogP contribution in [0.15, 0.2) is 36.5 Å². The molecule has 0 spiro atoms. The molecule has 24 heavy (non-hydrogen) atoms. The first-order chi connectivity index (χ1) is 11.6. The first kappa shape index (κ1) is 16.1. The minimum Gasteiger partial charge on any atom is -0.334 e. The molecule has 1 aliphatic rings. The van der Waals surface area contributed by atoms with Crippen molar-refractivity contribution in [2.75, 3.05) is 26.2 Å². The van der Waals surface area contributed by atoms with Crippen LogP contribution in [-0.4, -0.2) is 57.7 Å². The molecule has 0 N–H and O–H groups in total. The van der Waals surface area contributed by atoms with Crippen molar-refractivity contribution in [3.8, 4) is 0 Å². The van der Waals surface area contributed by atoms with Gasteiger partial charge in [-0.05, 0) is 18.2 Å². The second-order valence-corrected chi connectivity index (χ2v) is 6.26. The van der Waals surface area contributed by atoms with Gasteiger partial charge in [0.05, 0.1) is 9.80 Å². The van der Waals surface area contributed by atoms with Crippen molar-refractivity contribution in [2.45, 2.75) is 0 Å². The number of nitrogens with zero attached hydrogens (tertiary/aromatic N) is 4. The van der Waals surface area contributed by atoms with Crippen molar-refractivity contribution < 1.29 is 14.5 Å². The number of piperazine rings is 1. The predicted molar refractivity (Wildman–Crippen MR) is 87.0 cm³/mol. The predicted octanol–water partition coefficient (Wildman–Crippen LogP) is 1.65. The van der Waals surface area contributed by atoms with Crippen molar-refractivity contribution in [1.29, 1.82) is 0 Å². The Bertz CT molecular complexity index is 769. The summed E-state index contributed by atoms with van der Waals surface area (Å²) in [6.07, 6.45) is 1.57. The molecule has 0 unspecified atom stereocenters. The van der Waals surface area contributed by atoms with Gasteiger partial charge in [0, 0.05) is 38.4 Å². The second kappa shape index (κ2) is 6.75. The Morgan fingerprint density at radius 3 is 2.25 bits per heavy atom. The van der Waals surface area contributed by atoms with Gasteiger partial charge in [0.1, 0.15) is 5.69 Å². The smallest absolute Gasteiger partial charge is 0.324 e. The third-order valence-corrected chi connectivity index (χ3v) is 4.75. The molecule has 1 fully saturated rings. The van der Waals surface area contributed by atoms with E-state index >= 15 is 0 Å². The standard InChI is InChI=1S/C15H14N4O4S/c20-14(11-3-1-2-6-16-11)17-7-9-18(10-8-17)15(21)12-4-5-13(24-12)19(22)23/h1-6H,7-10H2. The normalized spacial score (nSPS) is 14.5. The minimum atomic E-state index is -0.509. The Hall–Kier alpha value is -2.81. The van der Waals surface area contributed by atoms with Gasteiger partial charge in [0.15, 0.2) is 0 Å². The van der Waals surface area contributed by atoms with E-state index in [1.165, 1.54) is 12.1 Å². The second-order valence-electron chi connectivity index (χ2n) is 5.19. The zero-order valence-electron chi connectivity index (χ0n) is 12.6. The van der Waals surface area contributed by atoms with Gasteiger partial charge in [-0.25, -0.2) is 0 Å². The fourth-order valence-electron chi connectivity index (χ4n) is 2.46. The van der Waals surface area contributed by atoms with Gasteiger partial charge in [0.25, 0.3) is 11.8 Å². The lowest BCUT2D eigenvalue weighted by Crippen LogP contribution is -2.50. The van der Waals surface area contributed by atoms with E-state index in [4.69, 9.17) is 0 Å². The Kier molecular flexibility index (Phi) is 4.52. The zero-order valence-corrected chi connectivity index (χ0v) is 13.4. The highest BCUT2D eigenvalue weighted by Crippen LogP contribution is 2.25. The summed E-state index contributed by atoms with van der Waals surface area (Å²) in [5.74, 6) is -0.396. The van der Waals surface area contributed by atoms with Crippen LogP contribution in [0.1, 0.15) is 20.2 Å². The van der Waals surface area contributed by atoms with E-state index in [1.807, 2.05) is 0 Å². The van der Waals surface area contributed by atoms with Gasteiger partial charge < -0.3 is 9.80 Å². The van der Waals surface area contributed by atoms with Crippen molar-refractivity contribution in [1.82, 2.24) is 14.8 Å². The lowest BCUT2D eigenvalue weighted by atomic mass is 10.2. The van der Waals surface area contributed by atoms with Gasteiger partial charge in [-0.3, -0.25) is 24.7 Å². The van der Waals surface area contributed by atoms with Crippen LogP contribution >= 0.6 is 11.3 Å². The van der Waals surface area contributed by atoms with E-state index in [-0.39, 0.29) is 16.8 Å². The summed E-state index contributed by atoms with van der Waals surface area (Å²) < 4.78 is 0. The highest BCUT2D eigenvalue weighted by atomic mass is 32.1. The van der Waals surface area contributed by atoms with Crippen molar-refractivity contribution in [2.24, 2.45) is 0 Å². The molecule has 3 heterocycles. The van der Waals surface area contributed by atoms with Crippen molar-refractivity contribution in [3.05, 3.63) is 57.2 Å². The summed E-state index contributed by atoms with van der Waals surface area (Å²) >= 11 is 0.866. The summed E-state index contributed by atoms with van der Waals surface area (Å²) in [5, 5.41) is 10.7. The SMILES string of the molecule is O=C(c1ccccn1)N1CCN(C(=O)c2ccc([N+](=O)[O-])s2)CC1. The van der Waals surface area contributed by atoms with Crippen LogP contribution in [-0.2, 0) is 0 Å². The molecule has 1 saturated heterocycles. The summed E-state index contributed by atoms with van der Waals surface area (Å²) in [6, 6.07) is 7.96. The average Bonchev–Trinajstić information content (AvgIpc) is 3.12. The molecular formula is C15H14N4O4S. The summed E-state index contributed by atoms with van der Waals surface area (Å²) in [6.45, 7) is 1.61. The molecule has 2 amide bonds. The molecule has 3 rings (SSSR count). The Morgan fingerprint density at radius 1 is 1.04 bits per heavy atom. The third-order valence-electron chi connectivity index (χ3n) is 3.72. The average molecular weight is 346 g/mol. The fraction of sp³-hybridized carbons (Fsp3) is 0.267. The third kappa shape index (κ3) is 3.25. The summed E-state index contributed by atoms with van der Waals surface area (Å²) in [4.78, 5) is 42.5.